The summed E-state index contributed by atoms with van der Waals surface area (Å²) in [5.74, 6) is -1.13. The highest BCUT2D eigenvalue weighted by atomic mass is 35.5. The maximum atomic E-state index is 13.0. The number of aromatic nitrogens is 2. The van der Waals surface area contributed by atoms with Crippen LogP contribution in [0.2, 0.25) is 5.02 Å². The first-order chi connectivity index (χ1) is 11.4. The largest absolute Gasteiger partial charge is 0.481 e. The molecule has 24 heavy (non-hydrogen) atoms. The van der Waals surface area contributed by atoms with E-state index in [-0.39, 0.29) is 11.3 Å². The average Bonchev–Trinajstić information content (AvgIpc) is 2.81. The van der Waals surface area contributed by atoms with Crippen LogP contribution in [0.3, 0.4) is 0 Å². The first-order valence-corrected chi connectivity index (χ1v) is 9.19. The number of fused-ring (bicyclic) bond motifs is 1. The fourth-order valence-corrected chi connectivity index (χ4v) is 4.25. The summed E-state index contributed by atoms with van der Waals surface area (Å²) in [4.78, 5) is 30.2. The van der Waals surface area contributed by atoms with Crippen LogP contribution in [0.1, 0.15) is 10.4 Å². The van der Waals surface area contributed by atoms with Crippen LogP contribution >= 0.6 is 34.7 Å². The highest BCUT2D eigenvalue weighted by molar-refractivity contribution is 7.99. The number of nitrogens with zero attached hydrogens (tertiary/aromatic N) is 2. The molecule has 0 saturated heterocycles. The minimum atomic E-state index is -0.962. The number of thiophene rings is 1. The van der Waals surface area contributed by atoms with E-state index in [2.05, 4.69) is 4.98 Å². The van der Waals surface area contributed by atoms with Crippen LogP contribution in [0.4, 0.5) is 0 Å². The molecule has 2 heterocycles. The molecule has 0 fully saturated rings. The number of thioether (sulfide) groups is 1. The maximum Gasteiger partial charge on any atom is 0.313 e. The molecule has 124 valence electrons. The zero-order valence-electron chi connectivity index (χ0n) is 12.9. The predicted octanol–water partition coefficient (Wildman–Crippen LogP) is 3.89. The van der Waals surface area contributed by atoms with Gasteiger partial charge in [-0.3, -0.25) is 14.2 Å². The van der Waals surface area contributed by atoms with Gasteiger partial charge in [-0.25, -0.2) is 4.98 Å². The number of aliphatic carboxylic acids is 1. The zero-order valence-corrected chi connectivity index (χ0v) is 15.3. The first kappa shape index (κ1) is 17.0. The molecule has 0 aliphatic carbocycles. The topological polar surface area (TPSA) is 72.2 Å². The monoisotopic (exact) mass is 380 g/mol. The fourth-order valence-electron chi connectivity index (χ4n) is 2.32. The number of carboxylic acids is 1. The fraction of sp³-hybridized carbons (Fsp3) is 0.188. The second-order valence-electron chi connectivity index (χ2n) is 5.16. The Labute approximate surface area is 150 Å². The molecule has 0 amide bonds. The lowest BCUT2D eigenvalue weighted by Crippen LogP contribution is -2.22. The van der Waals surface area contributed by atoms with Gasteiger partial charge < -0.3 is 5.11 Å². The van der Waals surface area contributed by atoms with E-state index in [1.54, 1.807) is 24.3 Å². The van der Waals surface area contributed by atoms with E-state index in [1.807, 2.05) is 13.8 Å². The number of halogens is 1. The number of hydrogen-bond acceptors (Lipinski definition) is 5. The second kappa shape index (κ2) is 6.58. The van der Waals surface area contributed by atoms with Crippen molar-refractivity contribution >= 4 is 50.9 Å². The van der Waals surface area contributed by atoms with Gasteiger partial charge in [0, 0.05) is 9.90 Å². The molecule has 0 saturated carbocycles. The number of hydrogen-bond donors (Lipinski definition) is 1. The van der Waals surface area contributed by atoms with Crippen molar-refractivity contribution in [3.63, 3.8) is 0 Å². The molecule has 0 unspecified atom stereocenters. The van der Waals surface area contributed by atoms with Gasteiger partial charge in [0.1, 0.15) is 4.83 Å². The molecule has 0 aliphatic rings. The van der Waals surface area contributed by atoms with Crippen LogP contribution in [-0.4, -0.2) is 26.4 Å². The van der Waals surface area contributed by atoms with Gasteiger partial charge in [0.15, 0.2) is 5.16 Å². The lowest BCUT2D eigenvalue weighted by Gasteiger charge is -2.11. The van der Waals surface area contributed by atoms with Crippen molar-refractivity contribution in [1.29, 1.82) is 0 Å². The Balaban J connectivity index is 2.30. The summed E-state index contributed by atoms with van der Waals surface area (Å²) in [5.41, 5.74) is 1.32. The van der Waals surface area contributed by atoms with Gasteiger partial charge in [-0.15, -0.1) is 11.3 Å². The zero-order chi connectivity index (χ0) is 17.4. The Bertz CT molecular complexity index is 993. The minimum Gasteiger partial charge on any atom is -0.481 e. The Morgan fingerprint density at radius 1 is 1.33 bits per heavy atom. The molecule has 3 rings (SSSR count). The molecular formula is C16H13ClN2O3S2. The van der Waals surface area contributed by atoms with Gasteiger partial charge in [-0.1, -0.05) is 23.4 Å². The summed E-state index contributed by atoms with van der Waals surface area (Å²) < 4.78 is 1.45. The first-order valence-electron chi connectivity index (χ1n) is 7.01. The lowest BCUT2D eigenvalue weighted by molar-refractivity contribution is -0.133. The standard InChI is InChI=1S/C16H13ClN2O3S2/c1-8-9(2)24-14-13(8)15(22)19(11-5-3-10(17)4-6-11)16(18-14)23-7-12(20)21/h3-6H,7H2,1-2H3,(H,20,21). The third-order valence-electron chi connectivity index (χ3n) is 3.58. The molecular weight excluding hydrogens is 368 g/mol. The summed E-state index contributed by atoms with van der Waals surface area (Å²) in [5, 5.41) is 10.4. The van der Waals surface area contributed by atoms with Gasteiger partial charge in [0.05, 0.1) is 16.8 Å². The van der Waals surface area contributed by atoms with E-state index >= 15 is 0 Å². The van der Waals surface area contributed by atoms with Crippen LogP contribution in [0.5, 0.6) is 0 Å². The van der Waals surface area contributed by atoms with E-state index in [0.29, 0.717) is 26.1 Å². The number of carbonyl (C=O) groups is 1. The van der Waals surface area contributed by atoms with Gasteiger partial charge >= 0.3 is 5.97 Å². The molecule has 3 aromatic rings. The summed E-state index contributed by atoms with van der Waals surface area (Å²) in [6.45, 7) is 3.84. The smallest absolute Gasteiger partial charge is 0.313 e. The molecule has 5 nitrogen and oxygen atoms in total. The van der Waals surface area contributed by atoms with Crippen LogP contribution in [0, 0.1) is 13.8 Å². The van der Waals surface area contributed by atoms with E-state index in [9.17, 15) is 9.59 Å². The molecule has 0 bridgehead atoms. The number of benzene rings is 1. The van der Waals surface area contributed by atoms with E-state index in [1.165, 1.54) is 15.9 Å². The quantitative estimate of drug-likeness (QED) is 0.549. The van der Waals surface area contributed by atoms with Gasteiger partial charge in [-0.2, -0.15) is 0 Å². The van der Waals surface area contributed by atoms with Crippen LogP contribution in [0.15, 0.2) is 34.2 Å². The van der Waals surface area contributed by atoms with Crippen molar-refractivity contribution in [1.82, 2.24) is 9.55 Å². The van der Waals surface area contributed by atoms with Gasteiger partial charge in [0.25, 0.3) is 5.56 Å². The predicted molar refractivity (Wildman–Crippen MR) is 98.1 cm³/mol. The Morgan fingerprint density at radius 3 is 2.62 bits per heavy atom. The number of rotatable bonds is 4. The lowest BCUT2D eigenvalue weighted by atomic mass is 10.2. The SMILES string of the molecule is Cc1sc2nc(SCC(=O)O)n(-c3ccc(Cl)cc3)c(=O)c2c1C. The summed E-state index contributed by atoms with van der Waals surface area (Å²) in [6, 6.07) is 6.81. The number of aryl methyl sites for hydroxylation is 2. The molecule has 0 aliphatic heterocycles. The van der Waals surface area contributed by atoms with Crippen LogP contribution < -0.4 is 5.56 Å². The van der Waals surface area contributed by atoms with E-state index in [4.69, 9.17) is 16.7 Å². The highest BCUT2D eigenvalue weighted by Crippen LogP contribution is 2.29. The normalized spacial score (nSPS) is 11.1. The van der Waals surface area contributed by atoms with E-state index in [0.717, 1.165) is 22.2 Å². The summed E-state index contributed by atoms with van der Waals surface area (Å²) >= 11 is 8.39. The van der Waals surface area contributed by atoms with Gasteiger partial charge in [-0.05, 0) is 43.7 Å². The molecule has 0 atom stereocenters. The Hall–Kier alpha value is -1.83. The molecule has 1 N–H and O–H groups in total. The van der Waals surface area contributed by atoms with E-state index < -0.39 is 5.97 Å². The van der Waals surface area contributed by atoms with Gasteiger partial charge in [0.2, 0.25) is 0 Å². The molecule has 1 aromatic carbocycles. The van der Waals surface area contributed by atoms with Crippen molar-refractivity contribution in [2.45, 2.75) is 19.0 Å². The third kappa shape index (κ3) is 3.07. The summed E-state index contributed by atoms with van der Waals surface area (Å²) in [7, 11) is 0. The molecule has 2 aromatic heterocycles. The summed E-state index contributed by atoms with van der Waals surface area (Å²) in [6.07, 6.45) is 0. The Kier molecular flexibility index (Phi) is 4.67. The van der Waals surface area contributed by atoms with Crippen LogP contribution in [-0.2, 0) is 4.79 Å². The third-order valence-corrected chi connectivity index (χ3v) is 5.86. The van der Waals surface area contributed by atoms with Crippen molar-refractivity contribution in [2.24, 2.45) is 0 Å². The maximum absolute atomic E-state index is 13.0. The van der Waals surface area contributed by atoms with Crippen molar-refractivity contribution in [2.75, 3.05) is 5.75 Å². The minimum absolute atomic E-state index is 0.172. The number of carboxylic acid groups (broad SMARTS) is 1. The van der Waals surface area contributed by atoms with Crippen LogP contribution in [0.25, 0.3) is 15.9 Å². The molecule has 8 heteroatoms. The molecule has 0 spiro atoms. The molecule has 0 radical (unpaired) electrons. The Morgan fingerprint density at radius 2 is 2.00 bits per heavy atom. The second-order valence-corrected chi connectivity index (χ2v) is 7.74. The van der Waals surface area contributed by atoms with Crippen molar-refractivity contribution in [3.8, 4) is 5.69 Å². The van der Waals surface area contributed by atoms with Crippen molar-refractivity contribution < 1.29 is 9.90 Å². The average molecular weight is 381 g/mol. The van der Waals surface area contributed by atoms with Crippen molar-refractivity contribution in [3.05, 3.63) is 50.1 Å². The highest BCUT2D eigenvalue weighted by Gasteiger charge is 2.18.